The van der Waals surface area contributed by atoms with Gasteiger partial charge in [-0.2, -0.15) is 10.4 Å². The van der Waals surface area contributed by atoms with E-state index in [1.54, 1.807) is 43.5 Å². The van der Waals surface area contributed by atoms with Crippen LogP contribution in [0.2, 0.25) is 10.0 Å². The standard InChI is InChI=1S/C24H21Cl2N5O3/c1-31(7-8-32-2)23-6-4-19-21(29-30-24(19)28-23)14-33-17-3-5-20(26)22(12-17)34-18-10-15(13-27)9-16(25)11-18/h3-6,9-12H,7-8,14H2,1-2H3,(H,28,29,30). The molecule has 0 atom stereocenters. The number of ether oxygens (including phenoxy) is 3. The topological polar surface area (TPSA) is 96.3 Å². The van der Waals surface area contributed by atoms with Crippen LogP contribution in [-0.4, -0.2) is 42.5 Å². The number of anilines is 1. The first-order chi connectivity index (χ1) is 16.5. The van der Waals surface area contributed by atoms with Crippen molar-refractivity contribution in [3.63, 3.8) is 0 Å². The number of methoxy groups -OCH3 is 1. The zero-order chi connectivity index (χ0) is 24.1. The molecule has 2 aromatic carbocycles. The van der Waals surface area contributed by atoms with Crippen molar-refractivity contribution in [2.24, 2.45) is 0 Å². The molecule has 0 unspecified atom stereocenters. The molecule has 0 aliphatic carbocycles. The molecule has 34 heavy (non-hydrogen) atoms. The van der Waals surface area contributed by atoms with Crippen LogP contribution in [0.5, 0.6) is 17.2 Å². The number of H-pyrrole nitrogens is 1. The predicted molar refractivity (Wildman–Crippen MR) is 131 cm³/mol. The highest BCUT2D eigenvalue weighted by Gasteiger charge is 2.12. The summed E-state index contributed by atoms with van der Waals surface area (Å²) < 4.78 is 16.9. The maximum Gasteiger partial charge on any atom is 0.157 e. The average Bonchev–Trinajstić information content (AvgIpc) is 3.24. The van der Waals surface area contributed by atoms with Gasteiger partial charge >= 0.3 is 0 Å². The highest BCUT2D eigenvalue weighted by atomic mass is 35.5. The molecule has 2 heterocycles. The summed E-state index contributed by atoms with van der Waals surface area (Å²) in [6.07, 6.45) is 0. The monoisotopic (exact) mass is 497 g/mol. The summed E-state index contributed by atoms with van der Waals surface area (Å²) in [5.41, 5.74) is 1.78. The lowest BCUT2D eigenvalue weighted by Gasteiger charge is -2.17. The summed E-state index contributed by atoms with van der Waals surface area (Å²) in [6.45, 7) is 1.56. The summed E-state index contributed by atoms with van der Waals surface area (Å²) >= 11 is 12.4. The van der Waals surface area contributed by atoms with E-state index in [9.17, 15) is 0 Å². The summed E-state index contributed by atoms with van der Waals surface area (Å²) in [5, 5.41) is 18.1. The molecule has 0 bridgehead atoms. The van der Waals surface area contributed by atoms with Crippen molar-refractivity contribution >= 4 is 40.1 Å². The van der Waals surface area contributed by atoms with Crippen LogP contribution >= 0.6 is 23.2 Å². The van der Waals surface area contributed by atoms with Crippen molar-refractivity contribution in [2.75, 3.05) is 32.2 Å². The molecule has 0 aliphatic heterocycles. The van der Waals surface area contributed by atoms with Gasteiger partial charge in [0, 0.05) is 37.2 Å². The number of hydrogen-bond donors (Lipinski definition) is 1. The number of hydrogen-bond acceptors (Lipinski definition) is 7. The van der Waals surface area contributed by atoms with E-state index in [4.69, 9.17) is 42.7 Å². The first-order valence-corrected chi connectivity index (χ1v) is 11.1. The van der Waals surface area contributed by atoms with E-state index in [1.807, 2.05) is 30.1 Å². The van der Waals surface area contributed by atoms with Crippen LogP contribution in [-0.2, 0) is 11.3 Å². The van der Waals surface area contributed by atoms with E-state index in [0.717, 1.165) is 23.4 Å². The number of halogens is 2. The molecule has 0 fully saturated rings. The molecule has 1 N–H and O–H groups in total. The quantitative estimate of drug-likeness (QED) is 0.321. The first-order valence-electron chi connectivity index (χ1n) is 10.3. The van der Waals surface area contributed by atoms with Gasteiger partial charge in [0.2, 0.25) is 0 Å². The number of rotatable bonds is 9. The van der Waals surface area contributed by atoms with Crippen LogP contribution in [0, 0.1) is 11.3 Å². The lowest BCUT2D eigenvalue weighted by atomic mass is 10.2. The second-order valence-electron chi connectivity index (χ2n) is 7.42. The third kappa shape index (κ3) is 5.51. The minimum atomic E-state index is 0.220. The number of nitriles is 1. The normalized spacial score (nSPS) is 10.8. The SMILES string of the molecule is COCCN(C)c1ccc2c(COc3ccc(Cl)c(Oc4cc(Cl)cc(C#N)c4)c3)n[nH]c2n1. The van der Waals surface area contributed by atoms with Crippen LogP contribution in [0.1, 0.15) is 11.3 Å². The Morgan fingerprint density at radius 1 is 1.09 bits per heavy atom. The summed E-state index contributed by atoms with van der Waals surface area (Å²) in [4.78, 5) is 6.63. The van der Waals surface area contributed by atoms with Gasteiger partial charge in [-0.1, -0.05) is 23.2 Å². The zero-order valence-electron chi connectivity index (χ0n) is 18.5. The molecule has 10 heteroatoms. The van der Waals surface area contributed by atoms with Crippen LogP contribution in [0.25, 0.3) is 11.0 Å². The molecule has 0 aliphatic rings. The van der Waals surface area contributed by atoms with Gasteiger partial charge in [-0.15, -0.1) is 0 Å². The molecule has 2 aromatic heterocycles. The molecule has 4 aromatic rings. The minimum Gasteiger partial charge on any atom is -0.487 e. The van der Waals surface area contributed by atoms with Gasteiger partial charge in [-0.25, -0.2) is 4.98 Å². The predicted octanol–water partition coefficient (Wildman–Crippen LogP) is 5.59. The molecule has 8 nitrogen and oxygen atoms in total. The number of nitrogens with one attached hydrogen (secondary N) is 1. The van der Waals surface area contributed by atoms with Gasteiger partial charge in [0.15, 0.2) is 5.65 Å². The molecular weight excluding hydrogens is 477 g/mol. The molecule has 0 radical (unpaired) electrons. The van der Waals surface area contributed by atoms with Crippen molar-refractivity contribution in [3.05, 3.63) is 69.8 Å². The van der Waals surface area contributed by atoms with E-state index < -0.39 is 0 Å². The fourth-order valence-corrected chi connectivity index (χ4v) is 3.61. The molecular formula is C24H21Cl2N5O3. The Bertz CT molecular complexity index is 1350. The summed E-state index contributed by atoms with van der Waals surface area (Å²) in [7, 11) is 3.63. The molecule has 0 saturated carbocycles. The van der Waals surface area contributed by atoms with Gasteiger partial charge in [0.05, 0.1) is 23.3 Å². The van der Waals surface area contributed by atoms with Crippen molar-refractivity contribution < 1.29 is 14.2 Å². The number of likely N-dealkylation sites (N-methyl/N-ethyl adjacent to an activating group) is 1. The number of benzene rings is 2. The van der Waals surface area contributed by atoms with Crippen LogP contribution < -0.4 is 14.4 Å². The molecule has 174 valence electrons. The summed E-state index contributed by atoms with van der Waals surface area (Å²) in [6, 6.07) is 15.8. The molecule has 0 spiro atoms. The van der Waals surface area contributed by atoms with Crippen LogP contribution in [0.4, 0.5) is 5.82 Å². The third-order valence-corrected chi connectivity index (χ3v) is 5.55. The Hall–Kier alpha value is -3.51. The smallest absolute Gasteiger partial charge is 0.157 e. The Morgan fingerprint density at radius 3 is 2.74 bits per heavy atom. The number of pyridine rings is 1. The fraction of sp³-hybridized carbons (Fsp3) is 0.208. The van der Waals surface area contributed by atoms with E-state index in [1.165, 1.54) is 0 Å². The average molecular weight is 498 g/mol. The number of aromatic nitrogens is 3. The van der Waals surface area contributed by atoms with E-state index in [2.05, 4.69) is 15.2 Å². The first kappa shape index (κ1) is 23.6. The van der Waals surface area contributed by atoms with Crippen molar-refractivity contribution in [1.29, 1.82) is 5.26 Å². The minimum absolute atomic E-state index is 0.220. The maximum absolute atomic E-state index is 9.13. The van der Waals surface area contributed by atoms with Crippen LogP contribution in [0.3, 0.4) is 0 Å². The van der Waals surface area contributed by atoms with Gasteiger partial charge in [-0.3, -0.25) is 5.10 Å². The van der Waals surface area contributed by atoms with Gasteiger partial charge < -0.3 is 19.1 Å². The van der Waals surface area contributed by atoms with E-state index in [-0.39, 0.29) is 6.61 Å². The second-order valence-corrected chi connectivity index (χ2v) is 8.26. The Labute approximate surface area is 206 Å². The number of nitrogens with zero attached hydrogens (tertiary/aromatic N) is 4. The van der Waals surface area contributed by atoms with Crippen LogP contribution in [0.15, 0.2) is 48.5 Å². The van der Waals surface area contributed by atoms with Gasteiger partial charge in [-0.05, 0) is 42.5 Å². The largest absolute Gasteiger partial charge is 0.487 e. The Balaban J connectivity index is 1.48. The Morgan fingerprint density at radius 2 is 1.94 bits per heavy atom. The maximum atomic E-state index is 9.13. The van der Waals surface area contributed by atoms with Gasteiger partial charge in [0.1, 0.15) is 35.4 Å². The Kier molecular flexibility index (Phi) is 7.38. The van der Waals surface area contributed by atoms with E-state index in [0.29, 0.717) is 45.1 Å². The fourth-order valence-electron chi connectivity index (χ4n) is 3.23. The molecule has 0 amide bonds. The highest BCUT2D eigenvalue weighted by molar-refractivity contribution is 6.32. The van der Waals surface area contributed by atoms with Crippen molar-refractivity contribution in [3.8, 4) is 23.3 Å². The van der Waals surface area contributed by atoms with E-state index >= 15 is 0 Å². The number of fused-ring (bicyclic) bond motifs is 1. The van der Waals surface area contributed by atoms with Gasteiger partial charge in [0.25, 0.3) is 0 Å². The molecule has 0 saturated heterocycles. The lowest BCUT2D eigenvalue weighted by Crippen LogP contribution is -2.22. The third-order valence-electron chi connectivity index (χ3n) is 5.02. The summed E-state index contributed by atoms with van der Waals surface area (Å²) in [5.74, 6) is 2.14. The zero-order valence-corrected chi connectivity index (χ0v) is 20.0. The van der Waals surface area contributed by atoms with Crippen molar-refractivity contribution in [1.82, 2.24) is 15.2 Å². The highest BCUT2D eigenvalue weighted by Crippen LogP contribution is 2.34. The van der Waals surface area contributed by atoms with Crippen molar-refractivity contribution in [2.45, 2.75) is 6.61 Å². The molecule has 4 rings (SSSR count). The lowest BCUT2D eigenvalue weighted by molar-refractivity contribution is 0.206. The number of aromatic amines is 1. The second kappa shape index (κ2) is 10.6.